The van der Waals surface area contributed by atoms with Gasteiger partial charge in [-0.15, -0.1) is 0 Å². The lowest BCUT2D eigenvalue weighted by molar-refractivity contribution is 0.198. The molecule has 0 amide bonds. The van der Waals surface area contributed by atoms with Gasteiger partial charge in [-0.2, -0.15) is 10.2 Å². The van der Waals surface area contributed by atoms with Gasteiger partial charge in [0.25, 0.3) is 0 Å². The summed E-state index contributed by atoms with van der Waals surface area (Å²) in [5, 5.41) is 11.9. The molecule has 6 heteroatoms. The van der Waals surface area contributed by atoms with Crippen LogP contribution in [0.2, 0.25) is 0 Å². The lowest BCUT2D eigenvalue weighted by atomic mass is 9.93. The molecule has 1 fully saturated rings. The summed E-state index contributed by atoms with van der Waals surface area (Å²) in [5.41, 5.74) is 6.95. The molecule has 0 radical (unpaired) electrons. The second-order valence-electron chi connectivity index (χ2n) is 6.99. The van der Waals surface area contributed by atoms with E-state index in [1.165, 1.54) is 29.7 Å². The van der Waals surface area contributed by atoms with Crippen LogP contribution in [0, 0.1) is 20.8 Å². The van der Waals surface area contributed by atoms with Crippen molar-refractivity contribution in [2.24, 2.45) is 0 Å². The summed E-state index contributed by atoms with van der Waals surface area (Å²) in [5.74, 6) is 0.541. The highest BCUT2D eigenvalue weighted by molar-refractivity contribution is 5.47. The summed E-state index contributed by atoms with van der Waals surface area (Å²) in [6.07, 6.45) is 6.34. The molecule has 24 heavy (non-hydrogen) atoms. The van der Waals surface area contributed by atoms with Gasteiger partial charge in [0.05, 0.1) is 12.4 Å². The molecular weight excluding hydrogens is 300 g/mol. The first kappa shape index (κ1) is 15.3. The maximum absolute atomic E-state index is 4.70. The van der Waals surface area contributed by atoms with Gasteiger partial charge < -0.3 is 0 Å². The zero-order chi connectivity index (χ0) is 16.7. The van der Waals surface area contributed by atoms with Crippen molar-refractivity contribution in [3.8, 4) is 0 Å². The Kier molecular flexibility index (Phi) is 3.84. The minimum absolute atomic E-state index is 0.541. The fourth-order valence-corrected chi connectivity index (χ4v) is 3.87. The summed E-state index contributed by atoms with van der Waals surface area (Å²) < 4.78 is 1.95. The van der Waals surface area contributed by atoms with E-state index < -0.39 is 0 Å². The highest BCUT2D eigenvalue weighted by Gasteiger charge is 2.24. The van der Waals surface area contributed by atoms with Crippen molar-refractivity contribution in [3.05, 3.63) is 46.7 Å². The Morgan fingerprint density at radius 1 is 1.25 bits per heavy atom. The Bertz CT molecular complexity index is 862. The number of nitrogens with one attached hydrogen (secondary N) is 1. The van der Waals surface area contributed by atoms with Gasteiger partial charge >= 0.3 is 0 Å². The van der Waals surface area contributed by atoms with E-state index in [1.54, 1.807) is 0 Å². The number of aryl methyl sites for hydroxylation is 3. The largest absolute Gasteiger partial charge is 0.298 e. The van der Waals surface area contributed by atoms with Gasteiger partial charge in [-0.1, -0.05) is 0 Å². The second kappa shape index (κ2) is 6.02. The Morgan fingerprint density at radius 2 is 2.12 bits per heavy atom. The third kappa shape index (κ3) is 2.71. The van der Waals surface area contributed by atoms with Crippen molar-refractivity contribution in [2.75, 3.05) is 13.1 Å². The lowest BCUT2D eigenvalue weighted by Crippen LogP contribution is -2.34. The topological polar surface area (TPSA) is 62.1 Å². The highest BCUT2D eigenvalue weighted by atomic mass is 15.3. The molecule has 0 saturated carbocycles. The first-order valence-corrected chi connectivity index (χ1v) is 8.65. The Balaban J connectivity index is 1.56. The number of H-pyrrole nitrogens is 1. The second-order valence-corrected chi connectivity index (χ2v) is 6.99. The molecule has 0 unspecified atom stereocenters. The van der Waals surface area contributed by atoms with Crippen molar-refractivity contribution in [1.82, 2.24) is 29.7 Å². The molecule has 0 spiro atoms. The predicted molar refractivity (Wildman–Crippen MR) is 93.0 cm³/mol. The van der Waals surface area contributed by atoms with Crippen LogP contribution in [-0.4, -0.2) is 42.8 Å². The van der Waals surface area contributed by atoms with Crippen molar-refractivity contribution < 1.29 is 0 Å². The Hall–Kier alpha value is -2.21. The first-order chi connectivity index (χ1) is 11.6. The first-order valence-electron chi connectivity index (χ1n) is 8.65. The van der Waals surface area contributed by atoms with Gasteiger partial charge in [-0.05, 0) is 51.8 Å². The minimum atomic E-state index is 0.541. The highest BCUT2D eigenvalue weighted by Crippen LogP contribution is 2.28. The van der Waals surface area contributed by atoms with E-state index in [0.717, 1.165) is 36.7 Å². The predicted octanol–water partition coefficient (Wildman–Crippen LogP) is 2.76. The van der Waals surface area contributed by atoms with Crippen LogP contribution in [0.15, 0.2) is 18.5 Å². The molecule has 0 bridgehead atoms. The number of hydrogen-bond acceptors (Lipinski definition) is 4. The quantitative estimate of drug-likeness (QED) is 0.805. The molecule has 1 atom stereocenters. The number of aromatic amines is 1. The zero-order valence-electron chi connectivity index (χ0n) is 14.6. The molecular formula is C18H24N6. The third-order valence-corrected chi connectivity index (χ3v) is 5.03. The van der Waals surface area contributed by atoms with Crippen molar-refractivity contribution >= 4 is 5.65 Å². The zero-order valence-corrected chi connectivity index (χ0v) is 14.6. The van der Waals surface area contributed by atoms with Crippen molar-refractivity contribution in [2.45, 2.75) is 46.1 Å². The monoisotopic (exact) mass is 324 g/mol. The average Bonchev–Trinajstić information content (AvgIpc) is 3.15. The van der Waals surface area contributed by atoms with Gasteiger partial charge in [0, 0.05) is 41.7 Å². The molecule has 3 aromatic heterocycles. The van der Waals surface area contributed by atoms with E-state index in [9.17, 15) is 0 Å². The van der Waals surface area contributed by atoms with Crippen LogP contribution in [0.4, 0.5) is 0 Å². The van der Waals surface area contributed by atoms with E-state index in [0.29, 0.717) is 5.92 Å². The Morgan fingerprint density at radius 3 is 2.92 bits per heavy atom. The molecule has 126 valence electrons. The van der Waals surface area contributed by atoms with Gasteiger partial charge in [0.1, 0.15) is 0 Å². The van der Waals surface area contributed by atoms with Crippen LogP contribution in [0.25, 0.3) is 5.65 Å². The Labute approximate surface area is 141 Å². The number of fused-ring (bicyclic) bond motifs is 1. The number of piperidine rings is 1. The van der Waals surface area contributed by atoms with E-state index in [1.807, 2.05) is 23.8 Å². The summed E-state index contributed by atoms with van der Waals surface area (Å²) >= 11 is 0. The average molecular weight is 324 g/mol. The maximum Gasteiger partial charge on any atom is 0.159 e. The maximum atomic E-state index is 4.70. The molecule has 3 aromatic rings. The smallest absolute Gasteiger partial charge is 0.159 e. The minimum Gasteiger partial charge on any atom is -0.298 e. The van der Waals surface area contributed by atoms with Crippen LogP contribution in [-0.2, 0) is 6.54 Å². The fraction of sp³-hybridized carbons (Fsp3) is 0.500. The van der Waals surface area contributed by atoms with Crippen LogP contribution in [0.5, 0.6) is 0 Å². The molecule has 0 aromatic carbocycles. The van der Waals surface area contributed by atoms with Crippen molar-refractivity contribution in [3.63, 3.8) is 0 Å². The van der Waals surface area contributed by atoms with Crippen LogP contribution in [0.3, 0.4) is 0 Å². The summed E-state index contributed by atoms with van der Waals surface area (Å²) in [7, 11) is 0. The molecule has 4 heterocycles. The summed E-state index contributed by atoms with van der Waals surface area (Å²) in [6.45, 7) is 9.36. The van der Waals surface area contributed by atoms with Crippen molar-refractivity contribution in [1.29, 1.82) is 0 Å². The number of hydrogen-bond donors (Lipinski definition) is 1. The van der Waals surface area contributed by atoms with E-state index in [2.05, 4.69) is 40.1 Å². The molecule has 1 saturated heterocycles. The van der Waals surface area contributed by atoms with Gasteiger partial charge in [-0.3, -0.25) is 10.00 Å². The lowest BCUT2D eigenvalue weighted by Gasteiger charge is -2.32. The van der Waals surface area contributed by atoms with E-state index in [-0.39, 0.29) is 0 Å². The number of aromatic nitrogens is 5. The summed E-state index contributed by atoms with van der Waals surface area (Å²) in [4.78, 5) is 7.22. The molecule has 1 aliphatic heterocycles. The third-order valence-electron chi connectivity index (χ3n) is 5.03. The standard InChI is InChI=1S/C18H24N6/c1-12-8-19-22-17(12)15-5-4-6-23(10-15)11-16-9-20-24-14(3)7-13(2)21-18(16)24/h7-9,15H,4-6,10-11H2,1-3H3,(H,19,22)/t15-/m1/s1. The number of nitrogens with zero attached hydrogens (tertiary/aromatic N) is 5. The molecule has 1 aliphatic rings. The number of rotatable bonds is 3. The molecule has 0 aliphatic carbocycles. The van der Waals surface area contributed by atoms with Gasteiger partial charge in [0.2, 0.25) is 0 Å². The van der Waals surface area contributed by atoms with Crippen LogP contribution < -0.4 is 0 Å². The van der Waals surface area contributed by atoms with Gasteiger partial charge in [-0.25, -0.2) is 9.50 Å². The normalized spacial score (nSPS) is 19.2. The molecule has 6 nitrogen and oxygen atoms in total. The summed E-state index contributed by atoms with van der Waals surface area (Å²) in [6, 6.07) is 2.07. The fourth-order valence-electron chi connectivity index (χ4n) is 3.87. The SMILES string of the molecule is Cc1cc(C)n2ncc(CN3CCC[C@@H](c4[nH]ncc4C)C3)c2n1. The van der Waals surface area contributed by atoms with Crippen LogP contribution >= 0.6 is 0 Å². The molecule has 1 N–H and O–H groups in total. The van der Waals surface area contributed by atoms with E-state index in [4.69, 9.17) is 4.98 Å². The van der Waals surface area contributed by atoms with Gasteiger partial charge in [0.15, 0.2) is 5.65 Å². The molecule has 4 rings (SSSR count). The van der Waals surface area contributed by atoms with E-state index >= 15 is 0 Å². The van der Waals surface area contributed by atoms with Crippen LogP contribution in [0.1, 0.15) is 47.0 Å². The number of likely N-dealkylation sites (tertiary alicyclic amines) is 1.